The Hall–Kier alpha value is -11.6. The molecule has 0 radical (unpaired) electrons. The van der Waals surface area contributed by atoms with Crippen LogP contribution in [-0.2, 0) is 9.13 Å². The highest BCUT2D eigenvalue weighted by Crippen LogP contribution is 2.45. The van der Waals surface area contributed by atoms with Crippen molar-refractivity contribution in [2.45, 2.75) is 0 Å². The molecule has 0 unspecified atom stereocenters. The van der Waals surface area contributed by atoms with Crippen molar-refractivity contribution < 1.29 is 18.0 Å². The molecule has 97 heavy (non-hydrogen) atoms. The van der Waals surface area contributed by atoms with Crippen molar-refractivity contribution in [1.29, 1.82) is 0 Å². The van der Waals surface area contributed by atoms with E-state index in [-0.39, 0.29) is 0 Å². The molecule has 18 rings (SSSR count). The lowest BCUT2D eigenvalue weighted by Gasteiger charge is -2.20. The van der Waals surface area contributed by atoms with Crippen LogP contribution in [0, 0.1) is 0 Å². The van der Waals surface area contributed by atoms with Crippen LogP contribution < -0.4 is 26.5 Å². The smallest absolute Gasteiger partial charge is 0.415 e. The fraction of sp³-hybridized carbons (Fsp3) is 0. The van der Waals surface area contributed by atoms with Crippen LogP contribution in [0.25, 0.3) is 122 Å². The van der Waals surface area contributed by atoms with Crippen LogP contribution in [0.1, 0.15) is 0 Å². The van der Waals surface area contributed by atoms with Gasteiger partial charge in [-0.3, -0.25) is 9.13 Å². The third-order valence-electron chi connectivity index (χ3n) is 17.5. The second-order valence-corrected chi connectivity index (χ2v) is 28.8. The number of furan rings is 2. The first-order valence-corrected chi connectivity index (χ1v) is 35.7. The van der Waals surface area contributed by atoms with Crippen LogP contribution in [0.15, 0.2) is 365 Å². The average Bonchev–Trinajstić information content (AvgIpc) is 1.72. The summed E-state index contributed by atoms with van der Waals surface area (Å²) in [5.41, 5.74) is 16.0. The van der Waals surface area contributed by atoms with Crippen LogP contribution in [0.3, 0.4) is 0 Å². The van der Waals surface area contributed by atoms with Gasteiger partial charge in [0, 0.05) is 64.4 Å². The van der Waals surface area contributed by atoms with Crippen LogP contribution in [0.5, 0.6) is 0 Å². The molecule has 0 amide bonds. The minimum atomic E-state index is -3.14. The van der Waals surface area contributed by atoms with Gasteiger partial charge < -0.3 is 13.4 Å². The molecule has 14 aromatic carbocycles. The van der Waals surface area contributed by atoms with E-state index in [1.165, 1.54) is 0 Å². The van der Waals surface area contributed by atoms with E-state index in [1.807, 2.05) is 188 Å². The summed E-state index contributed by atoms with van der Waals surface area (Å²) < 4.78 is 45.0. The molecule has 0 aliphatic heterocycles. The van der Waals surface area contributed by atoms with Gasteiger partial charge in [-0.25, -0.2) is 9.97 Å². The Balaban J connectivity index is 0.000000131. The maximum absolute atomic E-state index is 15.1. The van der Waals surface area contributed by atoms with Gasteiger partial charge in [0.05, 0.1) is 22.1 Å². The van der Waals surface area contributed by atoms with E-state index in [9.17, 15) is 4.57 Å². The highest BCUT2D eigenvalue weighted by atomic mass is 79.9. The Morgan fingerprint density at radius 1 is 0.309 bits per heavy atom. The van der Waals surface area contributed by atoms with E-state index in [4.69, 9.17) is 18.8 Å². The largest absolute Gasteiger partial charge is 0.456 e. The number of para-hydroxylation sites is 2. The lowest BCUT2D eigenvalue weighted by molar-refractivity contribution is 0.592. The predicted molar refractivity (Wildman–Crippen MR) is 405 cm³/mol. The molecular formula is C86H58BrN4O4P2+. The van der Waals surface area contributed by atoms with E-state index in [0.29, 0.717) is 0 Å². The maximum Gasteiger partial charge on any atom is 0.415 e. The van der Waals surface area contributed by atoms with Gasteiger partial charge >= 0.3 is 7.80 Å². The molecule has 0 aliphatic carbocycles. The average molecular weight is 1350 g/mol. The monoisotopic (exact) mass is 1350 g/mol. The van der Waals surface area contributed by atoms with Gasteiger partial charge in [-0.05, 0) is 156 Å². The number of fused-ring (bicyclic) bond motifs is 8. The highest BCUT2D eigenvalue weighted by molar-refractivity contribution is 9.10. The van der Waals surface area contributed by atoms with Crippen molar-refractivity contribution >= 4 is 123 Å². The molecule has 0 N–H and O–H groups in total. The van der Waals surface area contributed by atoms with E-state index < -0.39 is 14.9 Å². The number of imidazole rings is 2. The van der Waals surface area contributed by atoms with Crippen molar-refractivity contribution in [3.05, 3.63) is 356 Å². The molecule has 0 atom stereocenters. The molecule has 4 aromatic heterocycles. The Morgan fingerprint density at radius 3 is 1.06 bits per heavy atom. The molecule has 0 bridgehead atoms. The molecular weight excluding hydrogens is 1290 g/mol. The fourth-order valence-electron chi connectivity index (χ4n) is 12.8. The van der Waals surface area contributed by atoms with Gasteiger partial charge in [0.15, 0.2) is 17.8 Å². The fourth-order valence-corrected chi connectivity index (χ4v) is 17.0. The van der Waals surface area contributed by atoms with E-state index in [1.54, 1.807) is 0 Å². The molecule has 4 heterocycles. The van der Waals surface area contributed by atoms with Crippen molar-refractivity contribution in [3.63, 3.8) is 0 Å². The Bertz CT molecular complexity index is 5840. The van der Waals surface area contributed by atoms with Crippen LogP contribution in [0.2, 0.25) is 0 Å². The summed E-state index contributed by atoms with van der Waals surface area (Å²) >= 11 is 3.59. The SMILES string of the molecule is Brc1ccc2oc3ccc(-c4ccc5c(c4)nc(-c4ccccc4)n5-c4ccccc4)cc3c2c1.O=P(c1ccccc1)(c1ccccc1)c1ccc2oc3ccc(-c4ccc5c(c4)nc(-c4ccccc4)n5-c4ccccc4)cc3c2c1.O=[P+](c1ccccc1)c1ccccc1. The Morgan fingerprint density at radius 2 is 0.639 bits per heavy atom. The normalized spacial score (nSPS) is 11.4. The lowest BCUT2D eigenvalue weighted by Crippen LogP contribution is -2.24. The van der Waals surface area contributed by atoms with Gasteiger partial charge in [-0.1, -0.05) is 239 Å². The molecule has 0 saturated carbocycles. The summed E-state index contributed by atoms with van der Waals surface area (Å²) in [6, 6.07) is 118. The Kier molecular flexibility index (Phi) is 16.4. The molecule has 0 aliphatic rings. The van der Waals surface area contributed by atoms with Crippen molar-refractivity contribution in [1.82, 2.24) is 19.1 Å². The molecule has 18 aromatic rings. The zero-order valence-electron chi connectivity index (χ0n) is 52.2. The third-order valence-corrected chi connectivity index (χ3v) is 22.6. The first kappa shape index (κ1) is 60.4. The highest BCUT2D eigenvalue weighted by Gasteiger charge is 2.31. The molecule has 0 spiro atoms. The second-order valence-electron chi connectivity index (χ2n) is 23.5. The summed E-state index contributed by atoms with van der Waals surface area (Å²) in [4.78, 5) is 10.3. The molecule has 0 fully saturated rings. The topological polar surface area (TPSA) is 96.1 Å². The zero-order chi connectivity index (χ0) is 65.2. The summed E-state index contributed by atoms with van der Waals surface area (Å²) in [6.07, 6.45) is 0. The van der Waals surface area contributed by atoms with Crippen molar-refractivity contribution in [2.24, 2.45) is 0 Å². The number of hydrogen-bond acceptors (Lipinski definition) is 6. The first-order chi connectivity index (χ1) is 47.8. The van der Waals surface area contributed by atoms with Crippen molar-refractivity contribution in [2.75, 3.05) is 0 Å². The van der Waals surface area contributed by atoms with Crippen LogP contribution in [-0.4, -0.2) is 19.1 Å². The number of hydrogen-bond donors (Lipinski definition) is 0. The standard InChI is InChI=1S/C43H29N2O2P.C31H19BrN2O.C12H10OP/c46-48(34-17-9-3-10-18-34,35-19-11-4-12-20-35)36-23-26-42-38(29-36)37-27-31(22-25-41(37)47-42)32-21-24-40-39(28-32)44-43(30-13-5-1-6-14-30)45(40)33-15-7-2-8-16-33;32-23-13-16-30-26(19-23)25-17-21(12-15-29(25)35-30)22-11-14-28-27(18-22)33-31(20-7-3-1-4-8-20)34(28)24-9-5-2-6-10-24;13-14(11-7-3-1-4-8-11)12-9-5-2-6-10-12/h1-29H;1-19H;1-10H/q;;+1. The molecule has 8 nitrogen and oxygen atoms in total. The summed E-state index contributed by atoms with van der Waals surface area (Å²) in [5.74, 6) is 1.84. The van der Waals surface area contributed by atoms with Gasteiger partial charge in [-0.15, -0.1) is 0 Å². The minimum absolute atomic E-state index is 0.767. The predicted octanol–water partition coefficient (Wildman–Crippen LogP) is 21.4. The molecule has 0 saturated heterocycles. The first-order valence-electron chi connectivity index (χ1n) is 31.9. The second kappa shape index (κ2) is 26.3. The number of rotatable bonds is 11. The van der Waals surface area contributed by atoms with Crippen molar-refractivity contribution in [3.8, 4) is 56.4 Å². The minimum Gasteiger partial charge on any atom is -0.456 e. The van der Waals surface area contributed by atoms with Crippen LogP contribution in [0.4, 0.5) is 0 Å². The number of halogens is 1. The maximum atomic E-state index is 15.1. The Labute approximate surface area is 569 Å². The number of nitrogens with zero attached hydrogens (tertiary/aromatic N) is 4. The van der Waals surface area contributed by atoms with E-state index in [2.05, 4.69) is 189 Å². The number of aromatic nitrogens is 4. The van der Waals surface area contributed by atoms with Crippen LogP contribution >= 0.6 is 30.9 Å². The summed E-state index contributed by atoms with van der Waals surface area (Å²) in [5, 5.41) is 8.30. The van der Waals surface area contributed by atoms with Gasteiger partial charge in [0.2, 0.25) is 0 Å². The third kappa shape index (κ3) is 11.8. The summed E-state index contributed by atoms with van der Waals surface area (Å²) in [7, 11) is -4.56. The quantitative estimate of drug-likeness (QED) is 0.120. The number of benzene rings is 14. The van der Waals surface area contributed by atoms with Gasteiger partial charge in [0.1, 0.15) is 34.0 Å². The van der Waals surface area contributed by atoms with Gasteiger partial charge in [0.25, 0.3) is 0 Å². The summed E-state index contributed by atoms with van der Waals surface area (Å²) in [6.45, 7) is 0. The van der Waals surface area contributed by atoms with E-state index >= 15 is 4.57 Å². The lowest BCUT2D eigenvalue weighted by atomic mass is 10.0. The van der Waals surface area contributed by atoms with Gasteiger partial charge in [-0.2, -0.15) is 0 Å². The zero-order valence-corrected chi connectivity index (χ0v) is 55.6. The molecule has 11 heteroatoms. The van der Waals surface area contributed by atoms with E-state index in [0.717, 1.165) is 153 Å². The molecule has 462 valence electrons.